The van der Waals surface area contributed by atoms with Crippen LogP contribution in [0.2, 0.25) is 0 Å². The van der Waals surface area contributed by atoms with Crippen molar-refractivity contribution >= 4 is 57.0 Å². The van der Waals surface area contributed by atoms with Crippen molar-refractivity contribution in [3.05, 3.63) is 252 Å². The van der Waals surface area contributed by atoms with Gasteiger partial charge in [-0.1, -0.05) is 158 Å². The molecule has 2 aliphatic heterocycles. The average Bonchev–Trinajstić information content (AvgIpc) is 3.83. The van der Waals surface area contributed by atoms with Crippen LogP contribution in [0.3, 0.4) is 0 Å². The van der Waals surface area contributed by atoms with Crippen molar-refractivity contribution in [1.29, 1.82) is 0 Å². The molecule has 2 aliphatic carbocycles. The monoisotopic (exact) mass is 830 g/mol. The van der Waals surface area contributed by atoms with Crippen LogP contribution in [0.25, 0.3) is 45.2 Å². The fourth-order valence-corrected chi connectivity index (χ4v) is 11.2. The fourth-order valence-electron chi connectivity index (χ4n) is 11.2. The van der Waals surface area contributed by atoms with Crippen molar-refractivity contribution in [2.75, 3.05) is 9.80 Å². The predicted octanol–water partition coefficient (Wildman–Crippen LogP) is 16.5. The molecule has 1 spiro atoms. The van der Waals surface area contributed by atoms with Crippen molar-refractivity contribution in [2.24, 2.45) is 0 Å². The third-order valence-corrected chi connectivity index (χ3v) is 13.9. The average molecular weight is 831 g/mol. The van der Waals surface area contributed by atoms with E-state index in [2.05, 4.69) is 204 Å². The largest absolute Gasteiger partial charge is 0.453 e. The van der Waals surface area contributed by atoms with Crippen LogP contribution in [-0.4, -0.2) is 0 Å². The predicted molar refractivity (Wildman–Crippen MR) is 265 cm³/mol. The molecule has 14 rings (SSSR count). The Morgan fingerprint density at radius 1 is 0.323 bits per heavy atom. The van der Waals surface area contributed by atoms with E-state index in [0.29, 0.717) is 0 Å². The summed E-state index contributed by atoms with van der Waals surface area (Å²) in [5.41, 5.74) is 18.4. The third kappa shape index (κ3) is 5.08. The standard InChI is InChI=1S/C61H38N2O2/c1-2-18-47-42(15-1)40(32-36-52(47)63-55-23-9-13-27-59(55)65-60-28-14-10-24-56(60)63)31-29-39-30-34-45-46-35-33-41(62-53-21-7-11-25-57(53)64-58-26-12-8-22-54(58)62)38-51(46)61(50(45)37-39)48-19-5-3-16-43(48)44-17-4-6-20-49(44)61/h1-38H. The maximum atomic E-state index is 6.45. The van der Waals surface area contributed by atoms with E-state index >= 15 is 0 Å². The normalized spacial score (nSPS) is 14.1. The number of hydrogen-bond donors (Lipinski definition) is 0. The van der Waals surface area contributed by atoms with Gasteiger partial charge in [0.1, 0.15) is 0 Å². The molecule has 4 heteroatoms. The third-order valence-electron chi connectivity index (χ3n) is 13.9. The van der Waals surface area contributed by atoms with Crippen LogP contribution >= 0.6 is 0 Å². The van der Waals surface area contributed by atoms with Crippen LogP contribution in [0.15, 0.2) is 218 Å². The molecule has 0 saturated carbocycles. The minimum Gasteiger partial charge on any atom is -0.453 e. The second-order valence-corrected chi connectivity index (χ2v) is 17.2. The maximum Gasteiger partial charge on any atom is 0.151 e. The molecule has 0 aromatic heterocycles. The van der Waals surface area contributed by atoms with Gasteiger partial charge < -0.3 is 19.3 Å². The first-order chi connectivity index (χ1) is 32.2. The SMILES string of the molecule is C(=Cc1ccc(N2c3ccccc3Oc3ccccc32)c2ccccc12)c1ccc2c(c1)C1(c3ccccc3-c3ccccc31)c1cc(N3c4ccccc4Oc4ccccc43)ccc1-2. The van der Waals surface area contributed by atoms with E-state index in [1.807, 2.05) is 36.4 Å². The highest BCUT2D eigenvalue weighted by atomic mass is 16.5. The Kier molecular flexibility index (Phi) is 7.57. The number of rotatable bonds is 4. The molecule has 10 aromatic carbocycles. The first kappa shape index (κ1) is 35.9. The number of anilines is 6. The van der Waals surface area contributed by atoms with Gasteiger partial charge >= 0.3 is 0 Å². The van der Waals surface area contributed by atoms with E-state index in [0.717, 1.165) is 68.2 Å². The summed E-state index contributed by atoms with van der Waals surface area (Å²) in [6.07, 6.45) is 4.57. The second kappa shape index (κ2) is 13.7. The molecule has 0 radical (unpaired) electrons. The highest BCUT2D eigenvalue weighted by Gasteiger charge is 2.52. The number of hydrogen-bond acceptors (Lipinski definition) is 4. The van der Waals surface area contributed by atoms with Crippen molar-refractivity contribution < 1.29 is 9.47 Å². The van der Waals surface area contributed by atoms with Crippen molar-refractivity contribution in [1.82, 2.24) is 0 Å². The Balaban J connectivity index is 0.924. The van der Waals surface area contributed by atoms with Gasteiger partial charge in [0, 0.05) is 11.1 Å². The zero-order chi connectivity index (χ0) is 42.6. The molecule has 0 fully saturated rings. The Labute approximate surface area is 377 Å². The summed E-state index contributed by atoms with van der Waals surface area (Å²) in [5, 5.41) is 2.36. The van der Waals surface area contributed by atoms with Crippen molar-refractivity contribution in [3.8, 4) is 45.3 Å². The van der Waals surface area contributed by atoms with Gasteiger partial charge in [-0.2, -0.15) is 0 Å². The van der Waals surface area contributed by atoms with Crippen LogP contribution in [-0.2, 0) is 5.41 Å². The zero-order valence-electron chi connectivity index (χ0n) is 35.2. The number of fused-ring (bicyclic) bond motifs is 15. The molecular weight excluding hydrogens is 793 g/mol. The Bertz CT molecular complexity index is 3520. The molecule has 0 saturated heterocycles. The van der Waals surface area contributed by atoms with E-state index in [1.165, 1.54) is 55.3 Å². The first-order valence-electron chi connectivity index (χ1n) is 22.2. The van der Waals surface area contributed by atoms with E-state index < -0.39 is 5.41 Å². The van der Waals surface area contributed by atoms with E-state index in [9.17, 15) is 0 Å². The molecule has 0 unspecified atom stereocenters. The summed E-state index contributed by atoms with van der Waals surface area (Å²) < 4.78 is 12.8. The van der Waals surface area contributed by atoms with E-state index in [-0.39, 0.29) is 0 Å². The molecule has 0 atom stereocenters. The summed E-state index contributed by atoms with van der Waals surface area (Å²) in [5.74, 6) is 3.38. The summed E-state index contributed by atoms with van der Waals surface area (Å²) in [4.78, 5) is 4.69. The van der Waals surface area contributed by atoms with Gasteiger partial charge in [-0.15, -0.1) is 0 Å². The minimum absolute atomic E-state index is 0.526. The highest BCUT2D eigenvalue weighted by Crippen LogP contribution is 2.64. The fraction of sp³-hybridized carbons (Fsp3) is 0.0164. The molecular formula is C61H38N2O2. The maximum absolute atomic E-state index is 6.45. The van der Waals surface area contributed by atoms with Gasteiger partial charge in [0.2, 0.25) is 0 Å². The minimum atomic E-state index is -0.526. The first-order valence-corrected chi connectivity index (χ1v) is 22.2. The van der Waals surface area contributed by atoms with Crippen LogP contribution in [0.4, 0.5) is 34.1 Å². The molecule has 4 nitrogen and oxygen atoms in total. The Morgan fingerprint density at radius 3 is 1.38 bits per heavy atom. The number of nitrogens with zero attached hydrogens (tertiary/aromatic N) is 2. The summed E-state index contributed by atoms with van der Waals surface area (Å²) in [7, 11) is 0. The molecule has 10 aromatic rings. The molecule has 4 aliphatic rings. The van der Waals surface area contributed by atoms with Crippen LogP contribution in [0.5, 0.6) is 23.0 Å². The van der Waals surface area contributed by atoms with Gasteiger partial charge in [0.25, 0.3) is 0 Å². The van der Waals surface area contributed by atoms with Gasteiger partial charge in [0.05, 0.1) is 33.9 Å². The quantitative estimate of drug-likeness (QED) is 0.165. The van der Waals surface area contributed by atoms with Gasteiger partial charge in [-0.3, -0.25) is 0 Å². The lowest BCUT2D eigenvalue weighted by Crippen LogP contribution is -2.26. The number of benzene rings is 10. The number of para-hydroxylation sites is 8. The summed E-state index contributed by atoms with van der Waals surface area (Å²) in [6.45, 7) is 0. The lowest BCUT2D eigenvalue weighted by atomic mass is 9.70. The molecule has 304 valence electrons. The molecule has 0 N–H and O–H groups in total. The van der Waals surface area contributed by atoms with Crippen molar-refractivity contribution in [2.45, 2.75) is 5.41 Å². The number of ether oxygens (including phenoxy) is 2. The van der Waals surface area contributed by atoms with Gasteiger partial charge in [-0.05, 0) is 134 Å². The van der Waals surface area contributed by atoms with E-state index in [4.69, 9.17) is 9.47 Å². The molecule has 0 amide bonds. The van der Waals surface area contributed by atoms with Gasteiger partial charge in [0.15, 0.2) is 23.0 Å². The zero-order valence-corrected chi connectivity index (χ0v) is 35.2. The Morgan fingerprint density at radius 2 is 0.785 bits per heavy atom. The summed E-state index contributed by atoms with van der Waals surface area (Å²) in [6, 6.07) is 78.7. The Hall–Kier alpha value is -8.60. The molecule has 0 bridgehead atoms. The topological polar surface area (TPSA) is 24.9 Å². The lowest BCUT2D eigenvalue weighted by molar-refractivity contribution is 0.477. The second-order valence-electron chi connectivity index (χ2n) is 17.2. The van der Waals surface area contributed by atoms with Crippen LogP contribution in [0.1, 0.15) is 33.4 Å². The van der Waals surface area contributed by atoms with Crippen molar-refractivity contribution in [3.63, 3.8) is 0 Å². The highest BCUT2D eigenvalue weighted by molar-refractivity contribution is 6.05. The van der Waals surface area contributed by atoms with Gasteiger partial charge in [-0.25, -0.2) is 0 Å². The van der Waals surface area contributed by atoms with E-state index in [1.54, 1.807) is 0 Å². The molecule has 2 heterocycles. The molecule has 65 heavy (non-hydrogen) atoms. The summed E-state index contributed by atoms with van der Waals surface area (Å²) >= 11 is 0. The van der Waals surface area contributed by atoms with Crippen LogP contribution in [0, 0.1) is 0 Å². The van der Waals surface area contributed by atoms with Crippen LogP contribution < -0.4 is 19.3 Å². The lowest BCUT2D eigenvalue weighted by Gasteiger charge is -2.34. The smallest absolute Gasteiger partial charge is 0.151 e.